The normalized spacial score (nSPS) is 10.2. The van der Waals surface area contributed by atoms with Crippen molar-refractivity contribution in [1.82, 2.24) is 0 Å². The third-order valence-corrected chi connectivity index (χ3v) is 2.80. The highest BCUT2D eigenvalue weighted by Crippen LogP contribution is 2.13. The number of ether oxygens (including phenoxy) is 2. The molecule has 0 saturated carbocycles. The van der Waals surface area contributed by atoms with Gasteiger partial charge in [-0.1, -0.05) is 0 Å². The lowest BCUT2D eigenvalue weighted by Crippen LogP contribution is -2.01. The highest BCUT2D eigenvalue weighted by Gasteiger charge is 2.06. The zero-order valence-electron chi connectivity index (χ0n) is 11.4. The molecule has 19 heavy (non-hydrogen) atoms. The summed E-state index contributed by atoms with van der Waals surface area (Å²) in [5.41, 5.74) is 0. The Morgan fingerprint density at radius 1 is 0.947 bits per heavy atom. The van der Waals surface area contributed by atoms with Gasteiger partial charge < -0.3 is 13.9 Å². The van der Waals surface area contributed by atoms with E-state index in [1.54, 1.807) is 0 Å². The van der Waals surface area contributed by atoms with E-state index in [0.29, 0.717) is 19.3 Å². The lowest BCUT2D eigenvalue weighted by Gasteiger charge is -1.99. The van der Waals surface area contributed by atoms with Crippen molar-refractivity contribution in [3.63, 3.8) is 0 Å². The molecule has 1 aromatic rings. The predicted octanol–water partition coefficient (Wildman–Crippen LogP) is 2.27. The van der Waals surface area contributed by atoms with Crippen LogP contribution >= 0.6 is 0 Å². The summed E-state index contributed by atoms with van der Waals surface area (Å²) >= 11 is 0. The highest BCUT2D eigenvalue weighted by atomic mass is 16.5. The van der Waals surface area contributed by atoms with Crippen LogP contribution < -0.4 is 0 Å². The van der Waals surface area contributed by atoms with Crippen molar-refractivity contribution in [2.75, 3.05) is 14.2 Å². The highest BCUT2D eigenvalue weighted by molar-refractivity contribution is 5.69. The fraction of sp³-hybridized carbons (Fsp3) is 0.571. The molecule has 0 N–H and O–H groups in total. The smallest absolute Gasteiger partial charge is 0.305 e. The Morgan fingerprint density at radius 3 is 2.16 bits per heavy atom. The van der Waals surface area contributed by atoms with Crippen molar-refractivity contribution in [1.29, 1.82) is 0 Å². The fourth-order valence-electron chi connectivity index (χ4n) is 1.69. The van der Waals surface area contributed by atoms with Crippen molar-refractivity contribution in [2.24, 2.45) is 0 Å². The first-order chi connectivity index (χ1) is 9.15. The summed E-state index contributed by atoms with van der Waals surface area (Å²) in [6, 6.07) is 3.78. The molecule has 1 aromatic heterocycles. The number of hydrogen-bond donors (Lipinski definition) is 0. The van der Waals surface area contributed by atoms with Gasteiger partial charge in [0.05, 0.1) is 20.6 Å². The van der Waals surface area contributed by atoms with Gasteiger partial charge in [-0.05, 0) is 25.0 Å². The third kappa shape index (κ3) is 6.08. The largest absolute Gasteiger partial charge is 0.469 e. The predicted molar refractivity (Wildman–Crippen MR) is 68.6 cm³/mol. The van der Waals surface area contributed by atoms with E-state index in [1.165, 1.54) is 14.2 Å². The van der Waals surface area contributed by atoms with Crippen LogP contribution in [0, 0.1) is 0 Å². The summed E-state index contributed by atoms with van der Waals surface area (Å²) in [4.78, 5) is 21.9. The first kappa shape index (κ1) is 15.3. The van der Waals surface area contributed by atoms with Crippen LogP contribution in [0.15, 0.2) is 16.5 Å². The number of rotatable bonds is 8. The van der Waals surface area contributed by atoms with Crippen molar-refractivity contribution >= 4 is 11.9 Å². The maximum absolute atomic E-state index is 11.0. The average Bonchev–Trinajstić information content (AvgIpc) is 2.88. The summed E-state index contributed by atoms with van der Waals surface area (Å²) in [5, 5.41) is 0. The molecule has 0 unspecified atom stereocenters. The van der Waals surface area contributed by atoms with E-state index in [1.807, 2.05) is 12.1 Å². The summed E-state index contributed by atoms with van der Waals surface area (Å²) in [6.07, 6.45) is 3.76. The second kappa shape index (κ2) is 8.34. The summed E-state index contributed by atoms with van der Waals surface area (Å²) in [5.74, 6) is 1.24. The Morgan fingerprint density at radius 2 is 1.53 bits per heavy atom. The summed E-state index contributed by atoms with van der Waals surface area (Å²) in [7, 11) is 2.76. The van der Waals surface area contributed by atoms with Crippen molar-refractivity contribution in [3.8, 4) is 0 Å². The van der Waals surface area contributed by atoms with Crippen LogP contribution in [-0.4, -0.2) is 26.2 Å². The van der Waals surface area contributed by atoms with Gasteiger partial charge in [0.1, 0.15) is 11.5 Å². The van der Waals surface area contributed by atoms with Crippen LogP contribution in [0.25, 0.3) is 0 Å². The lowest BCUT2D eigenvalue weighted by atomic mass is 10.1. The molecular formula is C14H20O5. The number of unbranched alkanes of at least 4 members (excludes halogenated alkanes) is 1. The Kier molecular flexibility index (Phi) is 6.71. The molecule has 0 aliphatic heterocycles. The van der Waals surface area contributed by atoms with E-state index in [9.17, 15) is 9.59 Å². The molecule has 106 valence electrons. The van der Waals surface area contributed by atoms with E-state index in [4.69, 9.17) is 4.42 Å². The van der Waals surface area contributed by atoms with E-state index in [0.717, 1.165) is 30.8 Å². The van der Waals surface area contributed by atoms with E-state index < -0.39 is 0 Å². The molecule has 0 spiro atoms. The molecule has 0 bridgehead atoms. The van der Waals surface area contributed by atoms with Crippen molar-refractivity contribution < 1.29 is 23.5 Å². The molecule has 0 saturated heterocycles. The van der Waals surface area contributed by atoms with Gasteiger partial charge in [0.15, 0.2) is 0 Å². The van der Waals surface area contributed by atoms with Gasteiger partial charge in [-0.25, -0.2) is 0 Å². The van der Waals surface area contributed by atoms with Crippen LogP contribution in [-0.2, 0) is 31.9 Å². The second-order valence-electron chi connectivity index (χ2n) is 4.23. The maximum atomic E-state index is 11.0. The van der Waals surface area contributed by atoms with Gasteiger partial charge in [-0.15, -0.1) is 0 Å². The van der Waals surface area contributed by atoms with Gasteiger partial charge in [-0.2, -0.15) is 0 Å². The molecule has 0 fully saturated rings. The first-order valence-electron chi connectivity index (χ1n) is 6.37. The zero-order valence-corrected chi connectivity index (χ0v) is 11.4. The van der Waals surface area contributed by atoms with Crippen LogP contribution in [0.1, 0.15) is 37.2 Å². The average molecular weight is 268 g/mol. The van der Waals surface area contributed by atoms with Gasteiger partial charge in [-0.3, -0.25) is 9.59 Å². The molecular weight excluding hydrogens is 248 g/mol. The minimum atomic E-state index is -0.240. The zero-order chi connectivity index (χ0) is 14.1. The van der Waals surface area contributed by atoms with E-state index >= 15 is 0 Å². The number of esters is 2. The number of aryl methyl sites for hydroxylation is 2. The van der Waals surface area contributed by atoms with Gasteiger partial charge in [0, 0.05) is 19.3 Å². The molecule has 0 aliphatic carbocycles. The van der Waals surface area contributed by atoms with Gasteiger partial charge in [0.2, 0.25) is 0 Å². The Hall–Kier alpha value is -1.78. The number of furan rings is 1. The molecule has 0 aliphatic rings. The molecule has 1 heterocycles. The summed E-state index contributed by atoms with van der Waals surface area (Å²) < 4.78 is 14.7. The van der Waals surface area contributed by atoms with Crippen LogP contribution in [0.5, 0.6) is 0 Å². The number of methoxy groups -OCH3 is 2. The molecule has 0 radical (unpaired) electrons. The Bertz CT molecular complexity index is 408. The third-order valence-electron chi connectivity index (χ3n) is 2.80. The molecule has 5 heteroatoms. The molecule has 0 aromatic carbocycles. The minimum Gasteiger partial charge on any atom is -0.469 e. The van der Waals surface area contributed by atoms with Crippen molar-refractivity contribution in [3.05, 3.63) is 23.7 Å². The molecule has 0 amide bonds. The number of carbonyl (C=O) groups is 2. The van der Waals surface area contributed by atoms with Gasteiger partial charge >= 0.3 is 11.9 Å². The quantitative estimate of drug-likeness (QED) is 0.534. The van der Waals surface area contributed by atoms with Gasteiger partial charge in [0.25, 0.3) is 0 Å². The Labute approximate surface area is 112 Å². The molecule has 5 nitrogen and oxygen atoms in total. The Balaban J connectivity index is 2.23. The maximum Gasteiger partial charge on any atom is 0.305 e. The summed E-state index contributed by atoms with van der Waals surface area (Å²) in [6.45, 7) is 0. The van der Waals surface area contributed by atoms with E-state index in [-0.39, 0.29) is 11.9 Å². The minimum absolute atomic E-state index is 0.182. The number of hydrogen-bond acceptors (Lipinski definition) is 5. The molecule has 0 atom stereocenters. The molecule has 1 rings (SSSR count). The van der Waals surface area contributed by atoms with Crippen LogP contribution in [0.3, 0.4) is 0 Å². The topological polar surface area (TPSA) is 65.7 Å². The SMILES string of the molecule is COC(=O)CCCCc1ccc(CCC(=O)OC)o1. The van der Waals surface area contributed by atoms with Crippen LogP contribution in [0.2, 0.25) is 0 Å². The standard InChI is InChI=1S/C14H20O5/c1-17-13(15)6-4-3-5-11-7-8-12(19-11)9-10-14(16)18-2/h7-8H,3-6,9-10H2,1-2H3. The van der Waals surface area contributed by atoms with E-state index in [2.05, 4.69) is 9.47 Å². The second-order valence-corrected chi connectivity index (χ2v) is 4.23. The number of carbonyl (C=O) groups excluding carboxylic acids is 2. The van der Waals surface area contributed by atoms with Crippen LogP contribution in [0.4, 0.5) is 0 Å². The fourth-order valence-corrected chi connectivity index (χ4v) is 1.69. The first-order valence-corrected chi connectivity index (χ1v) is 6.37. The van der Waals surface area contributed by atoms with Crippen molar-refractivity contribution in [2.45, 2.75) is 38.5 Å². The lowest BCUT2D eigenvalue weighted by molar-refractivity contribution is -0.141. The monoisotopic (exact) mass is 268 g/mol.